The van der Waals surface area contributed by atoms with E-state index in [1.54, 1.807) is 35.5 Å². The molecule has 0 aromatic carbocycles. The zero-order chi connectivity index (χ0) is 31.7. The van der Waals surface area contributed by atoms with Crippen molar-refractivity contribution in [2.75, 3.05) is 101 Å². The molecule has 0 unspecified atom stereocenters. The Morgan fingerprint density at radius 3 is 1.34 bits per heavy atom. The molecular weight excluding hydrogens is 583 g/mol. The maximum atomic E-state index is 5.65. The van der Waals surface area contributed by atoms with Gasteiger partial charge < -0.3 is 63.2 Å². The number of hydrogen-bond donors (Lipinski definition) is 5. The summed E-state index contributed by atoms with van der Waals surface area (Å²) in [6.07, 6.45) is 4.22. The van der Waals surface area contributed by atoms with Crippen molar-refractivity contribution >= 4 is 26.9 Å². The van der Waals surface area contributed by atoms with E-state index in [-0.39, 0.29) is 0 Å². The van der Waals surface area contributed by atoms with E-state index in [9.17, 15) is 0 Å². The molecule has 0 heterocycles. The molecular formula is C25H67N5O8Si3. The Bertz CT molecular complexity index is 479. The van der Waals surface area contributed by atoms with Gasteiger partial charge in [0.1, 0.15) is 0 Å². The highest BCUT2D eigenvalue weighted by molar-refractivity contribution is 6.61. The van der Waals surface area contributed by atoms with Gasteiger partial charge in [-0.2, -0.15) is 0 Å². The van der Waals surface area contributed by atoms with Crippen LogP contribution in [0.5, 0.6) is 0 Å². The standard InChI is InChI=1S/C9H23NO3Si.C8H22N2O3Si.C8H22N2O2Si/c1-4-11-14(12-5-2,13-6-3)9-7-8-10;1-11-14(12-2,13-3)8-4-6-10-7-5-9;1-11-13(12-2)8-4-3-6-10-7-5-9/h4-10H2,1-3H3;10H,4-9H2,1-3H3;10,13H,3-9H2,1-2H3. The second-order valence-electron chi connectivity index (χ2n) is 8.75. The zero-order valence-corrected chi connectivity index (χ0v) is 30.8. The van der Waals surface area contributed by atoms with Crippen LogP contribution >= 0.6 is 0 Å². The Morgan fingerprint density at radius 1 is 0.537 bits per heavy atom. The van der Waals surface area contributed by atoms with Crippen molar-refractivity contribution in [1.29, 1.82) is 0 Å². The van der Waals surface area contributed by atoms with Crippen LogP contribution < -0.4 is 27.8 Å². The number of rotatable bonds is 27. The molecule has 16 heteroatoms. The van der Waals surface area contributed by atoms with Gasteiger partial charge in [0.05, 0.1) is 0 Å². The molecule has 41 heavy (non-hydrogen) atoms. The van der Waals surface area contributed by atoms with Gasteiger partial charge in [-0.3, -0.25) is 0 Å². The second kappa shape index (κ2) is 34.6. The van der Waals surface area contributed by atoms with Crippen molar-refractivity contribution in [2.24, 2.45) is 17.2 Å². The molecule has 0 aliphatic heterocycles. The Balaban J connectivity index is -0.000000529. The summed E-state index contributed by atoms with van der Waals surface area (Å²) < 4.78 is 43.2. The maximum Gasteiger partial charge on any atom is 0.500 e. The number of unbranched alkanes of at least 4 members (excludes halogenated alkanes) is 1. The second-order valence-corrected chi connectivity index (χ2v) is 16.9. The minimum Gasteiger partial charge on any atom is -0.400 e. The van der Waals surface area contributed by atoms with Crippen molar-refractivity contribution in [3.05, 3.63) is 0 Å². The molecule has 0 aromatic rings. The highest BCUT2D eigenvalue weighted by Gasteiger charge is 2.39. The van der Waals surface area contributed by atoms with E-state index < -0.39 is 26.9 Å². The summed E-state index contributed by atoms with van der Waals surface area (Å²) in [5.41, 5.74) is 16.2. The molecule has 0 fully saturated rings. The van der Waals surface area contributed by atoms with Crippen LogP contribution in [0.4, 0.5) is 0 Å². The summed E-state index contributed by atoms with van der Waals surface area (Å²) in [7, 11) is 2.30. The van der Waals surface area contributed by atoms with E-state index in [0.29, 0.717) is 39.5 Å². The van der Waals surface area contributed by atoms with E-state index in [2.05, 4.69) is 10.6 Å². The molecule has 0 aromatic heterocycles. The lowest BCUT2D eigenvalue weighted by Gasteiger charge is -2.28. The molecule has 0 aliphatic carbocycles. The number of hydrogen-bond acceptors (Lipinski definition) is 13. The lowest BCUT2D eigenvalue weighted by molar-refractivity contribution is 0.0710. The third-order valence-corrected chi connectivity index (χ3v) is 13.7. The van der Waals surface area contributed by atoms with E-state index in [4.69, 9.17) is 52.6 Å². The zero-order valence-electron chi connectivity index (χ0n) is 27.6. The summed E-state index contributed by atoms with van der Waals surface area (Å²) in [6.45, 7) is 13.6. The highest BCUT2D eigenvalue weighted by Crippen LogP contribution is 2.17. The molecule has 0 amide bonds. The van der Waals surface area contributed by atoms with Crippen molar-refractivity contribution < 1.29 is 35.4 Å². The highest BCUT2D eigenvalue weighted by atomic mass is 28.4. The normalized spacial score (nSPS) is 11.7. The van der Waals surface area contributed by atoms with Crippen LogP contribution in [-0.4, -0.2) is 128 Å². The molecule has 0 radical (unpaired) electrons. The van der Waals surface area contributed by atoms with E-state index in [1.807, 2.05) is 20.8 Å². The van der Waals surface area contributed by atoms with Crippen molar-refractivity contribution in [3.63, 3.8) is 0 Å². The molecule has 8 N–H and O–H groups in total. The topological polar surface area (TPSA) is 176 Å². The summed E-state index contributed by atoms with van der Waals surface area (Å²) in [5.74, 6) is 0. The molecule has 0 spiro atoms. The van der Waals surface area contributed by atoms with Gasteiger partial charge in [-0.15, -0.1) is 0 Å². The van der Waals surface area contributed by atoms with Gasteiger partial charge >= 0.3 is 26.9 Å². The third kappa shape index (κ3) is 27.4. The van der Waals surface area contributed by atoms with E-state index in [0.717, 1.165) is 57.2 Å². The molecule has 0 rings (SSSR count). The Hall–Kier alpha value is 0.131. The molecule has 0 aliphatic rings. The minimum absolute atomic E-state index is 0.636. The predicted molar refractivity (Wildman–Crippen MR) is 174 cm³/mol. The monoisotopic (exact) mass is 649 g/mol. The van der Waals surface area contributed by atoms with Crippen molar-refractivity contribution in [3.8, 4) is 0 Å². The largest absolute Gasteiger partial charge is 0.500 e. The van der Waals surface area contributed by atoms with Gasteiger partial charge in [-0.25, -0.2) is 0 Å². The lowest BCUT2D eigenvalue weighted by atomic mass is 10.3. The van der Waals surface area contributed by atoms with Gasteiger partial charge in [0.15, 0.2) is 0 Å². The molecule has 0 atom stereocenters. The first-order valence-corrected chi connectivity index (χ1v) is 20.6. The Kier molecular flexibility index (Phi) is 38.5. The molecule has 13 nitrogen and oxygen atoms in total. The van der Waals surface area contributed by atoms with Crippen LogP contribution in [0, 0.1) is 0 Å². The van der Waals surface area contributed by atoms with Crippen LogP contribution in [-0.2, 0) is 35.4 Å². The van der Waals surface area contributed by atoms with Gasteiger partial charge in [-0.05, 0) is 65.7 Å². The number of nitrogens with two attached hydrogens (primary N) is 3. The predicted octanol–water partition coefficient (Wildman–Crippen LogP) is 1.01. The van der Waals surface area contributed by atoms with E-state index >= 15 is 0 Å². The summed E-state index contributed by atoms with van der Waals surface area (Å²) in [4.78, 5) is 0. The molecule has 0 bridgehead atoms. The SMILES string of the molecule is CCO[Si](CCCN)(OCC)OCC.CO[SiH](CCCCNCCN)OC.CO[Si](CCCNCCN)(OC)OC. The average Bonchev–Trinajstić information content (AvgIpc) is 2.99. The fourth-order valence-corrected chi connectivity index (χ4v) is 9.30. The van der Waals surface area contributed by atoms with Crippen molar-refractivity contribution in [1.82, 2.24) is 10.6 Å². The maximum absolute atomic E-state index is 5.65. The van der Waals surface area contributed by atoms with Crippen LogP contribution in [0.3, 0.4) is 0 Å². The first-order valence-electron chi connectivity index (χ1n) is 15.0. The van der Waals surface area contributed by atoms with Gasteiger partial charge in [0, 0.05) is 93.6 Å². The number of nitrogens with one attached hydrogen (secondary N) is 2. The first kappa shape index (κ1) is 45.6. The fraction of sp³-hybridized carbons (Fsp3) is 1.00. The molecule has 0 saturated heterocycles. The van der Waals surface area contributed by atoms with Crippen LogP contribution in [0.25, 0.3) is 0 Å². The smallest absolute Gasteiger partial charge is 0.400 e. The molecule has 0 saturated carbocycles. The quantitative estimate of drug-likeness (QED) is 0.0630. The first-order chi connectivity index (χ1) is 19.8. The van der Waals surface area contributed by atoms with Crippen LogP contribution in [0.2, 0.25) is 18.1 Å². The third-order valence-electron chi connectivity index (χ3n) is 5.76. The minimum atomic E-state index is -2.40. The summed E-state index contributed by atoms with van der Waals surface area (Å²) in [6, 6.07) is 2.74. The summed E-state index contributed by atoms with van der Waals surface area (Å²) >= 11 is 0. The summed E-state index contributed by atoms with van der Waals surface area (Å²) in [5, 5.41) is 6.46. The van der Waals surface area contributed by atoms with Gasteiger partial charge in [0.2, 0.25) is 0 Å². The van der Waals surface area contributed by atoms with Crippen LogP contribution in [0.1, 0.15) is 46.5 Å². The fourth-order valence-electron chi connectivity index (χ4n) is 3.65. The van der Waals surface area contributed by atoms with Crippen LogP contribution in [0.15, 0.2) is 0 Å². The molecule has 252 valence electrons. The van der Waals surface area contributed by atoms with Crippen molar-refractivity contribution in [2.45, 2.75) is 64.6 Å². The lowest BCUT2D eigenvalue weighted by Crippen LogP contribution is -2.46. The Labute approximate surface area is 255 Å². The van der Waals surface area contributed by atoms with E-state index in [1.165, 1.54) is 12.8 Å². The average molecular weight is 650 g/mol. The van der Waals surface area contributed by atoms with Gasteiger partial charge in [0.25, 0.3) is 0 Å². The van der Waals surface area contributed by atoms with Gasteiger partial charge in [-0.1, -0.05) is 6.42 Å². The Morgan fingerprint density at radius 2 is 0.976 bits per heavy atom.